The van der Waals surface area contributed by atoms with Crippen LogP contribution in [0.5, 0.6) is 0 Å². The normalized spacial score (nSPS) is 14.1. The lowest BCUT2D eigenvalue weighted by Crippen LogP contribution is -2.29. The Balaban J connectivity index is 2.22. The molecule has 0 bridgehead atoms. The molecule has 0 spiro atoms. The standard InChI is InChI=1S/C13H23NS2/c1-10(9-15-13(3,4)5)14-8-12-7-6-11(2)16-12/h6-7,10,14H,8-9H2,1-5H3. The van der Waals surface area contributed by atoms with Crippen molar-refractivity contribution in [3.05, 3.63) is 21.9 Å². The maximum Gasteiger partial charge on any atom is 0.0302 e. The Bertz CT molecular complexity index is 312. The van der Waals surface area contributed by atoms with Gasteiger partial charge in [0.1, 0.15) is 0 Å². The van der Waals surface area contributed by atoms with Crippen molar-refractivity contribution in [2.45, 2.75) is 52.0 Å². The summed E-state index contributed by atoms with van der Waals surface area (Å²) in [5.41, 5.74) is 0. The smallest absolute Gasteiger partial charge is 0.0302 e. The predicted molar refractivity (Wildman–Crippen MR) is 77.6 cm³/mol. The number of rotatable bonds is 5. The van der Waals surface area contributed by atoms with Gasteiger partial charge in [-0.25, -0.2) is 0 Å². The maximum absolute atomic E-state index is 3.57. The second-order valence-corrected chi connectivity index (χ2v) is 8.44. The third-order valence-corrected chi connectivity index (χ3v) is 4.72. The summed E-state index contributed by atoms with van der Waals surface area (Å²) in [6, 6.07) is 4.99. The lowest BCUT2D eigenvalue weighted by atomic mass is 10.3. The topological polar surface area (TPSA) is 12.0 Å². The summed E-state index contributed by atoms with van der Waals surface area (Å²) in [7, 11) is 0. The summed E-state index contributed by atoms with van der Waals surface area (Å²) in [5, 5.41) is 3.57. The van der Waals surface area contributed by atoms with E-state index in [1.54, 1.807) is 0 Å². The van der Waals surface area contributed by atoms with Gasteiger partial charge in [0.2, 0.25) is 0 Å². The molecule has 1 aromatic rings. The van der Waals surface area contributed by atoms with Gasteiger partial charge >= 0.3 is 0 Å². The van der Waals surface area contributed by atoms with E-state index in [0.717, 1.165) is 6.54 Å². The van der Waals surface area contributed by atoms with E-state index in [2.05, 4.69) is 52.1 Å². The lowest BCUT2D eigenvalue weighted by molar-refractivity contribution is 0.598. The molecule has 1 aromatic heterocycles. The van der Waals surface area contributed by atoms with Crippen LogP contribution in [0.3, 0.4) is 0 Å². The first-order chi connectivity index (χ1) is 7.37. The third kappa shape index (κ3) is 5.92. The van der Waals surface area contributed by atoms with Crippen LogP contribution in [0.15, 0.2) is 12.1 Å². The summed E-state index contributed by atoms with van der Waals surface area (Å²) in [6.07, 6.45) is 0. The summed E-state index contributed by atoms with van der Waals surface area (Å²) in [5.74, 6) is 1.17. The Morgan fingerprint density at radius 1 is 1.38 bits per heavy atom. The molecule has 1 unspecified atom stereocenters. The third-order valence-electron chi connectivity index (χ3n) is 2.19. The van der Waals surface area contributed by atoms with E-state index < -0.39 is 0 Å². The average molecular weight is 257 g/mol. The van der Waals surface area contributed by atoms with Gasteiger partial charge in [0.05, 0.1) is 0 Å². The van der Waals surface area contributed by atoms with Crippen molar-refractivity contribution in [1.29, 1.82) is 0 Å². The molecule has 3 heteroatoms. The molecule has 16 heavy (non-hydrogen) atoms. The van der Waals surface area contributed by atoms with E-state index in [1.807, 2.05) is 23.1 Å². The number of aryl methyl sites for hydroxylation is 1. The van der Waals surface area contributed by atoms with Crippen LogP contribution in [0.25, 0.3) is 0 Å². The molecule has 0 fully saturated rings. The number of thioether (sulfide) groups is 1. The second-order valence-electron chi connectivity index (χ2n) is 5.22. The van der Waals surface area contributed by atoms with Gasteiger partial charge in [-0.15, -0.1) is 11.3 Å². The van der Waals surface area contributed by atoms with Crippen LogP contribution in [0, 0.1) is 6.92 Å². The molecule has 0 aliphatic heterocycles. The van der Waals surface area contributed by atoms with E-state index in [0.29, 0.717) is 10.8 Å². The monoisotopic (exact) mass is 257 g/mol. The van der Waals surface area contributed by atoms with Crippen molar-refractivity contribution in [2.75, 3.05) is 5.75 Å². The second kappa shape index (κ2) is 6.08. The van der Waals surface area contributed by atoms with Gasteiger partial charge < -0.3 is 5.32 Å². The van der Waals surface area contributed by atoms with Crippen molar-refractivity contribution in [3.63, 3.8) is 0 Å². The zero-order valence-corrected chi connectivity index (χ0v) is 12.6. The molecule has 0 aromatic carbocycles. The lowest BCUT2D eigenvalue weighted by Gasteiger charge is -2.21. The molecule has 0 aliphatic rings. The molecular formula is C13H23NS2. The summed E-state index contributed by atoms with van der Waals surface area (Å²) in [6.45, 7) is 12.2. The van der Waals surface area contributed by atoms with Crippen LogP contribution < -0.4 is 5.32 Å². The van der Waals surface area contributed by atoms with Crippen LogP contribution in [0.1, 0.15) is 37.4 Å². The Kier molecular flexibility index (Phi) is 5.35. The Morgan fingerprint density at radius 3 is 2.56 bits per heavy atom. The van der Waals surface area contributed by atoms with Gasteiger partial charge in [-0.3, -0.25) is 0 Å². The predicted octanol–water partition coefficient (Wildman–Crippen LogP) is 4.07. The molecule has 1 rings (SSSR count). The summed E-state index contributed by atoms with van der Waals surface area (Å²) >= 11 is 3.91. The van der Waals surface area contributed by atoms with E-state index in [-0.39, 0.29) is 0 Å². The number of hydrogen-bond donors (Lipinski definition) is 1. The van der Waals surface area contributed by atoms with Gasteiger partial charge in [-0.05, 0) is 26.0 Å². The first-order valence-electron chi connectivity index (χ1n) is 5.79. The van der Waals surface area contributed by atoms with Crippen LogP contribution in [0.2, 0.25) is 0 Å². The quantitative estimate of drug-likeness (QED) is 0.853. The molecule has 0 radical (unpaired) electrons. The maximum atomic E-state index is 3.57. The highest BCUT2D eigenvalue weighted by Crippen LogP contribution is 2.23. The van der Waals surface area contributed by atoms with Crippen LogP contribution in [-0.2, 0) is 6.54 Å². The molecule has 0 amide bonds. The molecule has 1 N–H and O–H groups in total. The number of thiophene rings is 1. The van der Waals surface area contributed by atoms with Crippen molar-refractivity contribution >= 4 is 23.1 Å². The van der Waals surface area contributed by atoms with Crippen LogP contribution >= 0.6 is 23.1 Å². The molecule has 1 atom stereocenters. The zero-order chi connectivity index (χ0) is 12.2. The first kappa shape index (κ1) is 14.1. The fourth-order valence-corrected chi connectivity index (χ4v) is 3.00. The molecule has 92 valence electrons. The SMILES string of the molecule is Cc1ccc(CNC(C)CSC(C)(C)C)s1. The molecule has 1 nitrogen and oxygen atoms in total. The first-order valence-corrected chi connectivity index (χ1v) is 7.60. The summed E-state index contributed by atoms with van der Waals surface area (Å²) < 4.78 is 0.370. The minimum Gasteiger partial charge on any atom is -0.309 e. The zero-order valence-electron chi connectivity index (χ0n) is 11.0. The Morgan fingerprint density at radius 2 is 2.06 bits per heavy atom. The highest BCUT2D eigenvalue weighted by atomic mass is 32.2. The number of hydrogen-bond acceptors (Lipinski definition) is 3. The highest BCUT2D eigenvalue weighted by Gasteiger charge is 2.12. The molecule has 0 aliphatic carbocycles. The molecule has 1 heterocycles. The molecule has 0 saturated heterocycles. The van der Waals surface area contributed by atoms with Crippen molar-refractivity contribution in [1.82, 2.24) is 5.32 Å². The molecule has 0 saturated carbocycles. The van der Waals surface area contributed by atoms with Crippen molar-refractivity contribution < 1.29 is 0 Å². The Labute approximate surface area is 108 Å². The van der Waals surface area contributed by atoms with Crippen LogP contribution in [-0.4, -0.2) is 16.5 Å². The van der Waals surface area contributed by atoms with Crippen molar-refractivity contribution in [2.24, 2.45) is 0 Å². The fourth-order valence-electron chi connectivity index (χ4n) is 1.29. The molecular weight excluding hydrogens is 234 g/mol. The van der Waals surface area contributed by atoms with E-state index in [9.17, 15) is 0 Å². The van der Waals surface area contributed by atoms with Crippen molar-refractivity contribution in [3.8, 4) is 0 Å². The summed E-state index contributed by atoms with van der Waals surface area (Å²) in [4.78, 5) is 2.83. The fraction of sp³-hybridized carbons (Fsp3) is 0.692. The number of nitrogens with one attached hydrogen (secondary N) is 1. The van der Waals surface area contributed by atoms with E-state index >= 15 is 0 Å². The highest BCUT2D eigenvalue weighted by molar-refractivity contribution is 8.00. The van der Waals surface area contributed by atoms with Crippen LogP contribution in [0.4, 0.5) is 0 Å². The van der Waals surface area contributed by atoms with E-state index in [4.69, 9.17) is 0 Å². The van der Waals surface area contributed by atoms with Gasteiger partial charge in [0.15, 0.2) is 0 Å². The van der Waals surface area contributed by atoms with E-state index in [1.165, 1.54) is 15.5 Å². The largest absolute Gasteiger partial charge is 0.309 e. The Hall–Kier alpha value is 0.01000. The van der Waals surface area contributed by atoms with Gasteiger partial charge in [-0.1, -0.05) is 20.8 Å². The minimum atomic E-state index is 0.370. The van der Waals surface area contributed by atoms with Gasteiger partial charge in [0, 0.05) is 32.8 Å². The average Bonchev–Trinajstić information content (AvgIpc) is 2.57. The van der Waals surface area contributed by atoms with Gasteiger partial charge in [0.25, 0.3) is 0 Å². The minimum absolute atomic E-state index is 0.370. The van der Waals surface area contributed by atoms with Gasteiger partial charge in [-0.2, -0.15) is 11.8 Å².